The van der Waals surface area contributed by atoms with Gasteiger partial charge in [0.25, 0.3) is 0 Å². The van der Waals surface area contributed by atoms with Gasteiger partial charge in [0.1, 0.15) is 0 Å². The molecule has 4 atom stereocenters. The van der Waals surface area contributed by atoms with Crippen LogP contribution in [0, 0.1) is 17.8 Å². The van der Waals surface area contributed by atoms with Gasteiger partial charge in [-0.15, -0.1) is 0 Å². The fourth-order valence-electron chi connectivity index (χ4n) is 5.44. The zero-order valence-corrected chi connectivity index (χ0v) is 15.0. The Morgan fingerprint density at radius 2 is 2.15 bits per heavy atom. The Morgan fingerprint density at radius 1 is 1.31 bits per heavy atom. The Kier molecular flexibility index (Phi) is 3.67. The molecule has 3 aliphatic heterocycles. The average molecular weight is 352 g/mol. The van der Waals surface area contributed by atoms with Gasteiger partial charge in [0.2, 0.25) is 0 Å². The van der Waals surface area contributed by atoms with Crippen LogP contribution in [-0.4, -0.2) is 42.3 Å². The molecule has 1 N–H and O–H groups in total. The monoisotopic (exact) mass is 352 g/mol. The predicted octanol–water partition coefficient (Wildman–Crippen LogP) is 0.968. The summed E-state index contributed by atoms with van der Waals surface area (Å²) in [6.07, 6.45) is 2.91. The molecule has 0 spiro atoms. The van der Waals surface area contributed by atoms with E-state index in [4.69, 9.17) is 9.73 Å². The summed E-state index contributed by atoms with van der Waals surface area (Å²) in [5.74, 6) is -0.0959. The number of piperidine rings is 1. The van der Waals surface area contributed by atoms with E-state index >= 15 is 0 Å². The standard InChI is InChI=1S/C21H24N2O3/c1-26-21(25)19-15-10-17-20-14(13-4-2-3-5-16(13)22-20)8-9-23(17)11-12(15)6-7-18(19)24/h2-5,12,15,18-19,24H,6-11H2,1H3/t12-,15+,18+,19+/m0/s1. The van der Waals surface area contributed by atoms with Crippen LogP contribution in [0.4, 0.5) is 0 Å². The number of methoxy groups -OCH3 is 1. The molecular formula is C21H24N2O3. The Bertz CT molecular complexity index is 919. The first-order valence-electron chi connectivity index (χ1n) is 9.58. The van der Waals surface area contributed by atoms with Crippen LogP contribution in [0.1, 0.15) is 25.7 Å². The first-order valence-corrected chi connectivity index (χ1v) is 9.58. The Morgan fingerprint density at radius 3 is 3.00 bits per heavy atom. The van der Waals surface area contributed by atoms with Crippen molar-refractivity contribution >= 4 is 11.5 Å². The van der Waals surface area contributed by atoms with Crippen LogP contribution in [0.15, 0.2) is 40.7 Å². The Hall–Kier alpha value is -2.14. The molecule has 4 aliphatic rings. The maximum atomic E-state index is 12.4. The van der Waals surface area contributed by atoms with E-state index in [9.17, 15) is 9.90 Å². The third-order valence-corrected chi connectivity index (χ3v) is 6.71. The molecule has 0 unspecified atom stereocenters. The number of carbonyl (C=O) groups is 1. The number of rotatable bonds is 1. The summed E-state index contributed by atoms with van der Waals surface area (Å²) in [4.78, 5) is 19.8. The second-order valence-corrected chi connectivity index (χ2v) is 7.92. The highest BCUT2D eigenvalue weighted by atomic mass is 16.5. The van der Waals surface area contributed by atoms with E-state index in [2.05, 4.69) is 23.1 Å². The van der Waals surface area contributed by atoms with E-state index in [1.807, 2.05) is 6.07 Å². The van der Waals surface area contributed by atoms with Crippen molar-refractivity contribution in [3.63, 3.8) is 0 Å². The first-order chi connectivity index (χ1) is 12.7. The van der Waals surface area contributed by atoms with Gasteiger partial charge in [-0.05, 0) is 49.2 Å². The van der Waals surface area contributed by atoms with Gasteiger partial charge in [-0.3, -0.25) is 4.79 Å². The number of nitrogens with zero attached hydrogens (tertiary/aromatic N) is 2. The SMILES string of the molecule is COC(=O)[C@@H]1[C@@H]2CC3=C4N=c5ccccc5=C4CCN3C[C@@H]2CC[C@H]1O. The normalized spacial score (nSPS) is 32.2. The lowest BCUT2D eigenvalue weighted by atomic mass is 9.66. The van der Waals surface area contributed by atoms with Gasteiger partial charge in [0, 0.05) is 24.0 Å². The molecule has 136 valence electrons. The lowest BCUT2D eigenvalue weighted by Crippen LogP contribution is -2.51. The van der Waals surface area contributed by atoms with Gasteiger partial charge >= 0.3 is 5.97 Å². The molecule has 5 heteroatoms. The number of aliphatic hydroxyl groups excluding tert-OH is 1. The van der Waals surface area contributed by atoms with Crippen molar-refractivity contribution in [2.45, 2.75) is 31.8 Å². The molecule has 1 saturated carbocycles. The number of ether oxygens (including phenoxy) is 1. The fourth-order valence-corrected chi connectivity index (χ4v) is 5.44. The lowest BCUT2D eigenvalue weighted by Gasteiger charge is -2.49. The number of fused-ring (bicyclic) bond motifs is 4. The van der Waals surface area contributed by atoms with Crippen molar-refractivity contribution in [1.29, 1.82) is 0 Å². The maximum Gasteiger partial charge on any atom is 0.311 e. The van der Waals surface area contributed by atoms with E-state index < -0.39 is 12.0 Å². The van der Waals surface area contributed by atoms with Crippen LogP contribution in [0.2, 0.25) is 0 Å². The van der Waals surface area contributed by atoms with Crippen LogP contribution in [0.5, 0.6) is 0 Å². The van der Waals surface area contributed by atoms with Crippen LogP contribution in [-0.2, 0) is 9.53 Å². The maximum absolute atomic E-state index is 12.4. The van der Waals surface area contributed by atoms with Crippen molar-refractivity contribution in [1.82, 2.24) is 4.90 Å². The third-order valence-electron chi connectivity index (χ3n) is 6.71. The number of aliphatic hydroxyl groups is 1. The molecular weight excluding hydrogens is 328 g/mol. The van der Waals surface area contributed by atoms with E-state index in [-0.39, 0.29) is 11.9 Å². The molecule has 5 rings (SSSR count). The summed E-state index contributed by atoms with van der Waals surface area (Å²) in [6, 6.07) is 8.34. The van der Waals surface area contributed by atoms with E-state index in [0.717, 1.165) is 43.4 Å². The number of hydrogen-bond donors (Lipinski definition) is 1. The van der Waals surface area contributed by atoms with Crippen molar-refractivity contribution in [2.75, 3.05) is 20.2 Å². The van der Waals surface area contributed by atoms with E-state index in [1.54, 1.807) is 0 Å². The number of para-hydroxylation sites is 1. The zero-order chi connectivity index (χ0) is 17.8. The van der Waals surface area contributed by atoms with E-state index in [0.29, 0.717) is 12.3 Å². The van der Waals surface area contributed by atoms with E-state index in [1.165, 1.54) is 23.6 Å². The average Bonchev–Trinajstić information content (AvgIpc) is 3.05. The quantitative estimate of drug-likeness (QED) is 0.765. The van der Waals surface area contributed by atoms with Crippen molar-refractivity contribution in [2.24, 2.45) is 22.7 Å². The molecule has 1 saturated heterocycles. The van der Waals surface area contributed by atoms with Gasteiger partial charge in [0.15, 0.2) is 0 Å². The van der Waals surface area contributed by atoms with Crippen LogP contribution in [0.3, 0.4) is 0 Å². The molecule has 1 aliphatic carbocycles. The second kappa shape index (κ2) is 5.95. The number of hydrogen-bond acceptors (Lipinski definition) is 5. The van der Waals surface area contributed by atoms with Crippen molar-refractivity contribution < 1.29 is 14.6 Å². The summed E-state index contributed by atoms with van der Waals surface area (Å²) in [5.41, 5.74) is 3.71. The van der Waals surface area contributed by atoms with Gasteiger partial charge < -0.3 is 14.7 Å². The summed E-state index contributed by atoms with van der Waals surface area (Å²) >= 11 is 0. The first kappa shape index (κ1) is 16.1. The molecule has 1 aromatic rings. The van der Waals surface area contributed by atoms with Crippen molar-refractivity contribution in [3.8, 4) is 0 Å². The minimum atomic E-state index is -0.592. The molecule has 0 radical (unpaired) electrons. The topological polar surface area (TPSA) is 62.1 Å². The highest BCUT2D eigenvalue weighted by Crippen LogP contribution is 2.47. The van der Waals surface area contributed by atoms with Crippen LogP contribution >= 0.6 is 0 Å². The number of esters is 1. The Balaban J connectivity index is 1.58. The zero-order valence-electron chi connectivity index (χ0n) is 15.0. The minimum Gasteiger partial charge on any atom is -0.469 e. The predicted molar refractivity (Wildman–Crippen MR) is 96.2 cm³/mol. The van der Waals surface area contributed by atoms with Gasteiger partial charge in [-0.1, -0.05) is 18.2 Å². The summed E-state index contributed by atoms with van der Waals surface area (Å²) in [5, 5.41) is 12.8. The molecule has 0 bridgehead atoms. The molecule has 3 heterocycles. The molecule has 5 nitrogen and oxygen atoms in total. The number of allylic oxidation sites excluding steroid dienone is 2. The third kappa shape index (κ3) is 2.26. The van der Waals surface area contributed by atoms with Crippen LogP contribution < -0.4 is 10.6 Å². The van der Waals surface area contributed by atoms with Gasteiger partial charge in [0.05, 0.1) is 30.2 Å². The largest absolute Gasteiger partial charge is 0.469 e. The fraction of sp³-hybridized carbons (Fsp3) is 0.524. The van der Waals surface area contributed by atoms with Crippen molar-refractivity contribution in [3.05, 3.63) is 46.2 Å². The van der Waals surface area contributed by atoms with Gasteiger partial charge in [-0.2, -0.15) is 0 Å². The highest BCUT2D eigenvalue weighted by Gasteiger charge is 2.48. The minimum absolute atomic E-state index is 0.142. The highest BCUT2D eigenvalue weighted by molar-refractivity contribution is 5.74. The number of carbonyl (C=O) groups excluding carboxylic acids is 1. The summed E-state index contributed by atoms with van der Waals surface area (Å²) < 4.78 is 5.03. The number of benzene rings is 1. The van der Waals surface area contributed by atoms with Gasteiger partial charge in [-0.25, -0.2) is 4.99 Å². The molecule has 26 heavy (non-hydrogen) atoms. The molecule has 1 aromatic carbocycles. The summed E-state index contributed by atoms with van der Waals surface area (Å²) in [7, 11) is 1.42. The molecule has 0 aromatic heterocycles. The second-order valence-electron chi connectivity index (χ2n) is 7.92. The lowest BCUT2D eigenvalue weighted by molar-refractivity contribution is -0.157. The van der Waals surface area contributed by atoms with Crippen LogP contribution in [0.25, 0.3) is 5.57 Å². The molecule has 2 fully saturated rings. The molecule has 0 amide bonds. The smallest absolute Gasteiger partial charge is 0.311 e. The Labute approximate surface area is 152 Å². The summed E-state index contributed by atoms with van der Waals surface area (Å²) in [6.45, 7) is 1.98.